The van der Waals surface area contributed by atoms with Gasteiger partial charge in [-0.2, -0.15) is 0 Å². The van der Waals surface area contributed by atoms with Crippen molar-refractivity contribution in [3.63, 3.8) is 0 Å². The molecular weight excluding hydrogens is 224 g/mol. The molecule has 1 aromatic carbocycles. The lowest BCUT2D eigenvalue weighted by Crippen LogP contribution is -2.20. The predicted molar refractivity (Wildman–Crippen MR) is 73.6 cm³/mol. The number of rotatable bonds is 5. The molecule has 0 saturated heterocycles. The van der Waals surface area contributed by atoms with Crippen molar-refractivity contribution in [2.75, 3.05) is 20.1 Å². The second-order valence-electron chi connectivity index (χ2n) is 4.53. The molecule has 0 fully saturated rings. The molecule has 3 nitrogen and oxygen atoms in total. The highest BCUT2D eigenvalue weighted by Gasteiger charge is 2.11. The number of hydrogen-bond donors (Lipinski definition) is 0. The van der Waals surface area contributed by atoms with Gasteiger partial charge in [0.05, 0.1) is 5.69 Å². The smallest absolute Gasteiger partial charge is 0.226 e. The van der Waals surface area contributed by atoms with Crippen LogP contribution in [0.3, 0.4) is 0 Å². The van der Waals surface area contributed by atoms with E-state index in [0.29, 0.717) is 0 Å². The fourth-order valence-corrected chi connectivity index (χ4v) is 1.82. The first kappa shape index (κ1) is 12.8. The zero-order valence-electron chi connectivity index (χ0n) is 11.3. The van der Waals surface area contributed by atoms with E-state index < -0.39 is 0 Å². The molecule has 0 unspecified atom stereocenters. The summed E-state index contributed by atoms with van der Waals surface area (Å²) in [7, 11) is 2.12. The van der Waals surface area contributed by atoms with Gasteiger partial charge in [0.2, 0.25) is 5.89 Å². The van der Waals surface area contributed by atoms with Crippen molar-refractivity contribution in [1.82, 2.24) is 9.88 Å². The second kappa shape index (κ2) is 5.83. The summed E-state index contributed by atoms with van der Waals surface area (Å²) >= 11 is 0. The van der Waals surface area contributed by atoms with Crippen LogP contribution in [0.5, 0.6) is 0 Å². The Hall–Kier alpha value is -1.61. The maximum absolute atomic E-state index is 5.74. The number of aromatic nitrogens is 1. The topological polar surface area (TPSA) is 29.3 Å². The van der Waals surface area contributed by atoms with Crippen molar-refractivity contribution in [3.8, 4) is 11.5 Å². The molecule has 0 atom stereocenters. The third-order valence-electron chi connectivity index (χ3n) is 3.18. The largest absolute Gasteiger partial charge is 0.441 e. The van der Waals surface area contributed by atoms with Gasteiger partial charge in [0.25, 0.3) is 0 Å². The summed E-state index contributed by atoms with van der Waals surface area (Å²) in [6, 6.07) is 10.0. The van der Waals surface area contributed by atoms with Crippen molar-refractivity contribution in [2.45, 2.75) is 20.3 Å². The number of aryl methyl sites for hydroxylation is 1. The van der Waals surface area contributed by atoms with E-state index in [0.717, 1.165) is 42.4 Å². The summed E-state index contributed by atoms with van der Waals surface area (Å²) in [6.07, 6.45) is 0.937. The zero-order valence-corrected chi connectivity index (χ0v) is 11.3. The van der Waals surface area contributed by atoms with Crippen LogP contribution in [-0.2, 0) is 6.42 Å². The molecule has 0 bridgehead atoms. The van der Waals surface area contributed by atoms with Crippen molar-refractivity contribution in [3.05, 3.63) is 41.8 Å². The molecule has 0 aliphatic carbocycles. The van der Waals surface area contributed by atoms with E-state index in [9.17, 15) is 0 Å². The Morgan fingerprint density at radius 2 is 1.94 bits per heavy atom. The molecule has 0 saturated carbocycles. The van der Waals surface area contributed by atoms with Gasteiger partial charge in [-0.3, -0.25) is 0 Å². The van der Waals surface area contributed by atoms with Crippen LogP contribution in [-0.4, -0.2) is 30.0 Å². The summed E-state index contributed by atoms with van der Waals surface area (Å²) in [5, 5.41) is 0. The fraction of sp³-hybridized carbons (Fsp3) is 0.400. The highest BCUT2D eigenvalue weighted by atomic mass is 16.4. The Bertz CT molecular complexity index is 490. The summed E-state index contributed by atoms with van der Waals surface area (Å²) in [4.78, 5) is 6.87. The van der Waals surface area contributed by atoms with Gasteiger partial charge < -0.3 is 9.32 Å². The Morgan fingerprint density at radius 3 is 2.61 bits per heavy atom. The molecule has 0 N–H and O–H groups in total. The number of likely N-dealkylation sites (N-methyl/N-ethyl adjacent to an activating group) is 1. The third kappa shape index (κ3) is 2.99. The molecule has 0 aliphatic rings. The quantitative estimate of drug-likeness (QED) is 0.809. The lowest BCUT2D eigenvalue weighted by Gasteiger charge is -2.11. The normalized spacial score (nSPS) is 11.1. The van der Waals surface area contributed by atoms with Crippen LogP contribution in [0.25, 0.3) is 11.5 Å². The number of nitrogens with zero attached hydrogens (tertiary/aromatic N) is 2. The summed E-state index contributed by atoms with van der Waals surface area (Å²) in [5.74, 6) is 1.65. The van der Waals surface area contributed by atoms with E-state index in [-0.39, 0.29) is 0 Å². The van der Waals surface area contributed by atoms with E-state index >= 15 is 0 Å². The standard InChI is InChI=1S/C15H20N2O/c1-4-17(3)11-10-14-12(2)18-15(16-14)13-8-6-5-7-9-13/h5-9H,4,10-11H2,1-3H3. The van der Waals surface area contributed by atoms with Gasteiger partial charge >= 0.3 is 0 Å². The van der Waals surface area contributed by atoms with E-state index in [4.69, 9.17) is 4.42 Å². The van der Waals surface area contributed by atoms with Crippen LogP contribution in [0.2, 0.25) is 0 Å². The Labute approximate surface area is 108 Å². The van der Waals surface area contributed by atoms with Gasteiger partial charge in [0, 0.05) is 18.5 Å². The Morgan fingerprint density at radius 1 is 1.22 bits per heavy atom. The number of hydrogen-bond acceptors (Lipinski definition) is 3. The lowest BCUT2D eigenvalue weighted by molar-refractivity contribution is 0.355. The number of benzene rings is 1. The first-order valence-electron chi connectivity index (χ1n) is 6.41. The molecule has 96 valence electrons. The zero-order chi connectivity index (χ0) is 13.0. The van der Waals surface area contributed by atoms with Crippen LogP contribution in [0.4, 0.5) is 0 Å². The first-order chi connectivity index (χ1) is 8.70. The monoisotopic (exact) mass is 244 g/mol. The summed E-state index contributed by atoms with van der Waals surface area (Å²) in [6.45, 7) is 6.21. The SMILES string of the molecule is CCN(C)CCc1nc(-c2ccccc2)oc1C. The average Bonchev–Trinajstić information content (AvgIpc) is 2.78. The van der Waals surface area contributed by atoms with Crippen molar-refractivity contribution >= 4 is 0 Å². The molecule has 18 heavy (non-hydrogen) atoms. The van der Waals surface area contributed by atoms with Crippen molar-refractivity contribution < 1.29 is 4.42 Å². The molecular formula is C15H20N2O. The van der Waals surface area contributed by atoms with Crippen molar-refractivity contribution in [1.29, 1.82) is 0 Å². The van der Waals surface area contributed by atoms with Gasteiger partial charge in [-0.15, -0.1) is 0 Å². The minimum atomic E-state index is 0.724. The maximum Gasteiger partial charge on any atom is 0.226 e. The fourth-order valence-electron chi connectivity index (χ4n) is 1.82. The van der Waals surface area contributed by atoms with Gasteiger partial charge in [-0.25, -0.2) is 4.98 Å². The molecule has 1 aromatic heterocycles. The van der Waals surface area contributed by atoms with Crippen LogP contribution < -0.4 is 0 Å². The molecule has 3 heteroatoms. The maximum atomic E-state index is 5.74. The predicted octanol–water partition coefficient (Wildman–Crippen LogP) is 3.14. The molecule has 0 amide bonds. The van der Waals surface area contributed by atoms with Crippen LogP contribution >= 0.6 is 0 Å². The average molecular weight is 244 g/mol. The summed E-state index contributed by atoms with van der Waals surface area (Å²) in [5.41, 5.74) is 2.10. The van der Waals surface area contributed by atoms with Gasteiger partial charge in [0.1, 0.15) is 5.76 Å². The van der Waals surface area contributed by atoms with Crippen molar-refractivity contribution in [2.24, 2.45) is 0 Å². The van der Waals surface area contributed by atoms with E-state index in [1.807, 2.05) is 37.3 Å². The minimum absolute atomic E-state index is 0.724. The molecule has 2 rings (SSSR count). The van der Waals surface area contributed by atoms with E-state index in [1.165, 1.54) is 0 Å². The van der Waals surface area contributed by atoms with Crippen LogP contribution in [0.1, 0.15) is 18.4 Å². The van der Waals surface area contributed by atoms with Gasteiger partial charge in [-0.05, 0) is 32.6 Å². The van der Waals surface area contributed by atoms with Gasteiger partial charge in [0.15, 0.2) is 0 Å². The molecule has 0 radical (unpaired) electrons. The Kier molecular flexibility index (Phi) is 4.15. The first-order valence-corrected chi connectivity index (χ1v) is 6.41. The lowest BCUT2D eigenvalue weighted by atomic mass is 10.2. The van der Waals surface area contributed by atoms with Crippen LogP contribution in [0, 0.1) is 6.92 Å². The van der Waals surface area contributed by atoms with Crippen LogP contribution in [0.15, 0.2) is 34.7 Å². The van der Waals surface area contributed by atoms with E-state index in [2.05, 4.69) is 23.9 Å². The third-order valence-corrected chi connectivity index (χ3v) is 3.18. The van der Waals surface area contributed by atoms with E-state index in [1.54, 1.807) is 0 Å². The molecule has 2 aromatic rings. The summed E-state index contributed by atoms with van der Waals surface area (Å²) < 4.78 is 5.74. The molecule has 0 aliphatic heterocycles. The number of oxazole rings is 1. The molecule has 1 heterocycles. The highest BCUT2D eigenvalue weighted by molar-refractivity contribution is 5.53. The second-order valence-corrected chi connectivity index (χ2v) is 4.53. The minimum Gasteiger partial charge on any atom is -0.441 e. The molecule has 0 spiro atoms. The highest BCUT2D eigenvalue weighted by Crippen LogP contribution is 2.21. The van der Waals surface area contributed by atoms with Gasteiger partial charge in [-0.1, -0.05) is 25.1 Å². The Balaban J connectivity index is 2.12.